The third-order valence-electron chi connectivity index (χ3n) is 2.23. The molecule has 15 heavy (non-hydrogen) atoms. The van der Waals surface area contributed by atoms with Gasteiger partial charge in [0.2, 0.25) is 0 Å². The summed E-state index contributed by atoms with van der Waals surface area (Å²) in [5.74, 6) is -0.395. The van der Waals surface area contributed by atoms with Crippen LogP contribution in [0.5, 0.6) is 0 Å². The monoisotopic (exact) mass is 223 g/mol. The summed E-state index contributed by atoms with van der Waals surface area (Å²) in [6.07, 6.45) is 4.90. The fourth-order valence-electron chi connectivity index (χ4n) is 1.55. The molecule has 4 nitrogen and oxygen atoms in total. The van der Waals surface area contributed by atoms with Crippen molar-refractivity contribution in [2.45, 2.75) is 12.2 Å². The first-order chi connectivity index (χ1) is 7.31. The minimum Gasteiger partial charge on any atom is -0.369 e. The van der Waals surface area contributed by atoms with Gasteiger partial charge in [-0.25, -0.2) is 0 Å². The molecule has 2 aliphatic rings. The van der Waals surface area contributed by atoms with E-state index in [0.29, 0.717) is 18.8 Å². The Kier molecular flexibility index (Phi) is 3.18. The van der Waals surface area contributed by atoms with Gasteiger partial charge in [0.15, 0.2) is 0 Å². The van der Waals surface area contributed by atoms with Crippen LogP contribution in [0.2, 0.25) is 0 Å². The number of rotatable bonds is 1. The summed E-state index contributed by atoms with van der Waals surface area (Å²) < 4.78 is 10.9. The maximum absolute atomic E-state index is 11.4. The number of nitrogens with zero attached hydrogens (tertiary/aromatic N) is 1. The van der Waals surface area contributed by atoms with Crippen molar-refractivity contribution in [3.05, 3.63) is 23.8 Å². The van der Waals surface area contributed by atoms with Crippen molar-refractivity contribution in [3.8, 4) is 0 Å². The van der Waals surface area contributed by atoms with E-state index in [9.17, 15) is 4.79 Å². The Hall–Kier alpha value is -1.13. The molecule has 0 bridgehead atoms. The lowest BCUT2D eigenvalue weighted by atomic mass is 10.0. The van der Waals surface area contributed by atoms with Gasteiger partial charge in [-0.2, -0.15) is 4.99 Å². The van der Waals surface area contributed by atoms with Crippen molar-refractivity contribution < 1.29 is 14.3 Å². The minimum absolute atomic E-state index is 0.0910. The summed E-state index contributed by atoms with van der Waals surface area (Å²) in [6, 6.07) is 0. The maximum Gasteiger partial charge on any atom is 0.285 e. The van der Waals surface area contributed by atoms with E-state index in [1.165, 1.54) is 0 Å². The lowest BCUT2D eigenvalue weighted by molar-refractivity contribution is -0.115. The largest absolute Gasteiger partial charge is 0.369 e. The van der Waals surface area contributed by atoms with Gasteiger partial charge in [0.1, 0.15) is 12.2 Å². The van der Waals surface area contributed by atoms with Crippen LogP contribution in [0.4, 0.5) is 0 Å². The van der Waals surface area contributed by atoms with Crippen molar-refractivity contribution >= 4 is 23.3 Å². The molecule has 5 heteroatoms. The first kappa shape index (κ1) is 10.4. The van der Waals surface area contributed by atoms with Gasteiger partial charge in [-0.05, 0) is 18.3 Å². The molecule has 0 aromatic carbocycles. The molecule has 1 saturated heterocycles. The van der Waals surface area contributed by atoms with Gasteiger partial charge in [-0.3, -0.25) is 4.79 Å². The molecule has 2 unspecified atom stereocenters. The van der Waals surface area contributed by atoms with Crippen molar-refractivity contribution in [1.82, 2.24) is 0 Å². The number of fused-ring (bicyclic) bond motifs is 1. The minimum atomic E-state index is -0.395. The third-order valence-corrected chi connectivity index (χ3v) is 2.32. The predicted octanol–water partition coefficient (Wildman–Crippen LogP) is 0.896. The number of thiocarbonyl (C=S) groups is 1. The van der Waals surface area contributed by atoms with Crippen LogP contribution in [0.15, 0.2) is 28.8 Å². The number of hydrogen-bond acceptors (Lipinski definition) is 4. The highest BCUT2D eigenvalue weighted by Gasteiger charge is 2.27. The summed E-state index contributed by atoms with van der Waals surface area (Å²) in [5.41, 5.74) is 0.471. The molecule has 78 valence electrons. The van der Waals surface area contributed by atoms with Crippen molar-refractivity contribution in [1.29, 1.82) is 0 Å². The second-order valence-electron chi connectivity index (χ2n) is 3.16. The average molecular weight is 223 g/mol. The maximum atomic E-state index is 11.4. The van der Waals surface area contributed by atoms with E-state index in [4.69, 9.17) is 9.47 Å². The molecule has 0 aromatic heterocycles. The number of aliphatic imine (C=N–C) groups is 1. The highest BCUT2D eigenvalue weighted by Crippen LogP contribution is 2.20. The molecule has 1 aliphatic carbocycles. The Labute approximate surface area is 92.3 Å². The molecule has 2 atom stereocenters. The highest BCUT2D eigenvalue weighted by atomic mass is 32.1. The van der Waals surface area contributed by atoms with Gasteiger partial charge < -0.3 is 9.47 Å². The Balaban J connectivity index is 2.15. The number of ether oxygens (including phenoxy) is 2. The van der Waals surface area contributed by atoms with Crippen LogP contribution in [0.3, 0.4) is 0 Å². The summed E-state index contributed by atoms with van der Waals surface area (Å²) in [7, 11) is 0. The van der Waals surface area contributed by atoms with Crippen molar-refractivity contribution in [3.63, 3.8) is 0 Å². The molecule has 1 amide bonds. The fourth-order valence-corrected chi connectivity index (χ4v) is 1.63. The van der Waals surface area contributed by atoms with Crippen LogP contribution >= 0.6 is 12.2 Å². The molecular formula is C10H9NO3S. The SMILES string of the molecule is O=C(N=C=S)C1=CC2OCCOC2C=C1. The van der Waals surface area contributed by atoms with E-state index < -0.39 is 5.91 Å². The van der Waals surface area contributed by atoms with Gasteiger partial charge in [-0.15, -0.1) is 0 Å². The average Bonchev–Trinajstić information content (AvgIpc) is 2.29. The molecule has 0 radical (unpaired) electrons. The summed E-state index contributed by atoms with van der Waals surface area (Å²) in [4.78, 5) is 14.8. The zero-order chi connectivity index (χ0) is 10.7. The van der Waals surface area contributed by atoms with Crippen LogP contribution in [0, 0.1) is 0 Å². The Morgan fingerprint density at radius 3 is 2.93 bits per heavy atom. The molecular weight excluding hydrogens is 214 g/mol. The van der Waals surface area contributed by atoms with Gasteiger partial charge in [0, 0.05) is 5.57 Å². The topological polar surface area (TPSA) is 47.9 Å². The first-order valence-electron chi connectivity index (χ1n) is 4.56. The fraction of sp³-hybridized carbons (Fsp3) is 0.400. The molecule has 0 spiro atoms. The number of carbonyl (C=O) groups excluding carboxylic acids is 1. The molecule has 1 fully saturated rings. The van der Waals surface area contributed by atoms with E-state index in [-0.39, 0.29) is 12.2 Å². The molecule has 1 aliphatic heterocycles. The van der Waals surface area contributed by atoms with E-state index >= 15 is 0 Å². The van der Waals surface area contributed by atoms with Crippen LogP contribution in [0.25, 0.3) is 0 Å². The predicted molar refractivity (Wildman–Crippen MR) is 56.7 cm³/mol. The van der Waals surface area contributed by atoms with Crippen molar-refractivity contribution in [2.75, 3.05) is 13.2 Å². The number of isothiocyanates is 1. The lowest BCUT2D eigenvalue weighted by Crippen LogP contribution is -2.37. The Morgan fingerprint density at radius 2 is 2.20 bits per heavy atom. The molecule has 0 aromatic rings. The summed E-state index contributed by atoms with van der Waals surface area (Å²) in [6.45, 7) is 1.13. The molecule has 0 saturated carbocycles. The molecule has 1 heterocycles. The van der Waals surface area contributed by atoms with E-state index in [2.05, 4.69) is 17.2 Å². The van der Waals surface area contributed by atoms with Gasteiger partial charge in [0.05, 0.1) is 18.4 Å². The van der Waals surface area contributed by atoms with Crippen molar-refractivity contribution in [2.24, 2.45) is 4.99 Å². The Bertz CT molecular complexity index is 382. The summed E-state index contributed by atoms with van der Waals surface area (Å²) in [5, 5.41) is 2.05. The standard InChI is InChI=1S/C10H9NO3S/c12-10(11-6-15)7-1-2-8-9(5-7)14-4-3-13-8/h1-2,5,8-9H,3-4H2. The number of hydrogen-bond donors (Lipinski definition) is 0. The van der Waals surface area contributed by atoms with Crippen LogP contribution in [-0.2, 0) is 14.3 Å². The normalized spacial score (nSPS) is 28.7. The smallest absolute Gasteiger partial charge is 0.285 e. The van der Waals surface area contributed by atoms with Gasteiger partial charge >= 0.3 is 0 Å². The van der Waals surface area contributed by atoms with Crippen LogP contribution < -0.4 is 0 Å². The van der Waals surface area contributed by atoms with Crippen LogP contribution in [-0.4, -0.2) is 36.5 Å². The van der Waals surface area contributed by atoms with Gasteiger partial charge in [0.25, 0.3) is 5.91 Å². The Morgan fingerprint density at radius 1 is 1.47 bits per heavy atom. The lowest BCUT2D eigenvalue weighted by Gasteiger charge is -2.30. The zero-order valence-corrected chi connectivity index (χ0v) is 8.70. The summed E-state index contributed by atoms with van der Waals surface area (Å²) >= 11 is 4.37. The van der Waals surface area contributed by atoms with E-state index in [1.807, 2.05) is 5.16 Å². The third kappa shape index (κ3) is 2.27. The molecule has 2 rings (SSSR count). The number of amides is 1. The first-order valence-corrected chi connectivity index (χ1v) is 4.97. The van der Waals surface area contributed by atoms with Gasteiger partial charge in [-0.1, -0.05) is 12.2 Å². The van der Waals surface area contributed by atoms with E-state index in [0.717, 1.165) is 0 Å². The second kappa shape index (κ2) is 4.59. The quantitative estimate of drug-likeness (QED) is 0.489. The number of carbonyl (C=O) groups is 1. The van der Waals surface area contributed by atoms with E-state index in [1.54, 1.807) is 18.2 Å². The second-order valence-corrected chi connectivity index (χ2v) is 3.34. The zero-order valence-electron chi connectivity index (χ0n) is 7.88. The highest BCUT2D eigenvalue weighted by molar-refractivity contribution is 7.78. The van der Waals surface area contributed by atoms with Crippen LogP contribution in [0.1, 0.15) is 0 Å². The molecule has 0 N–H and O–H groups in total.